The predicted molar refractivity (Wildman–Crippen MR) is 56.1 cm³/mol. The lowest BCUT2D eigenvalue weighted by molar-refractivity contribution is 0.0684. The first-order valence-electron chi connectivity index (χ1n) is 5.15. The van der Waals surface area contributed by atoms with Gasteiger partial charge in [0.1, 0.15) is 5.76 Å². The molecular formula is C11H17NO3. The molecule has 0 aliphatic carbocycles. The van der Waals surface area contributed by atoms with Crippen LogP contribution in [-0.4, -0.2) is 16.2 Å². The molecule has 4 nitrogen and oxygen atoms in total. The predicted octanol–water partition coefficient (Wildman–Crippen LogP) is 2.69. The van der Waals surface area contributed by atoms with Gasteiger partial charge in [0.2, 0.25) is 0 Å². The van der Waals surface area contributed by atoms with E-state index >= 15 is 0 Å². The van der Waals surface area contributed by atoms with E-state index in [2.05, 4.69) is 19.0 Å². The Labute approximate surface area is 89.3 Å². The van der Waals surface area contributed by atoms with Crippen molar-refractivity contribution in [3.05, 3.63) is 17.0 Å². The highest BCUT2D eigenvalue weighted by Crippen LogP contribution is 2.25. The maximum atomic E-state index is 10.9. The SMILES string of the molecule is CC(C)Cc1onc(C(=O)O)c1C(C)C. The van der Waals surface area contributed by atoms with E-state index in [4.69, 9.17) is 9.63 Å². The summed E-state index contributed by atoms with van der Waals surface area (Å²) in [7, 11) is 0. The summed E-state index contributed by atoms with van der Waals surface area (Å²) in [6.07, 6.45) is 0.730. The summed E-state index contributed by atoms with van der Waals surface area (Å²) in [6.45, 7) is 8.02. The first-order chi connectivity index (χ1) is 6.93. The van der Waals surface area contributed by atoms with Gasteiger partial charge in [-0.25, -0.2) is 4.79 Å². The van der Waals surface area contributed by atoms with Crippen molar-refractivity contribution < 1.29 is 14.4 Å². The minimum Gasteiger partial charge on any atom is -0.476 e. The fourth-order valence-corrected chi connectivity index (χ4v) is 1.60. The van der Waals surface area contributed by atoms with Gasteiger partial charge in [0.05, 0.1) is 0 Å². The van der Waals surface area contributed by atoms with Crippen LogP contribution >= 0.6 is 0 Å². The normalized spacial score (nSPS) is 11.3. The smallest absolute Gasteiger partial charge is 0.358 e. The van der Waals surface area contributed by atoms with Crippen molar-refractivity contribution in [3.8, 4) is 0 Å². The van der Waals surface area contributed by atoms with Crippen molar-refractivity contribution in [2.45, 2.75) is 40.0 Å². The molecule has 0 fully saturated rings. The molecule has 84 valence electrons. The van der Waals surface area contributed by atoms with E-state index in [1.807, 2.05) is 13.8 Å². The van der Waals surface area contributed by atoms with E-state index in [-0.39, 0.29) is 11.6 Å². The number of hydrogen-bond acceptors (Lipinski definition) is 3. The van der Waals surface area contributed by atoms with Crippen LogP contribution in [0.4, 0.5) is 0 Å². The Kier molecular flexibility index (Phi) is 3.50. The zero-order chi connectivity index (χ0) is 11.6. The second-order valence-corrected chi connectivity index (χ2v) is 4.43. The van der Waals surface area contributed by atoms with Crippen LogP contribution in [0, 0.1) is 5.92 Å². The van der Waals surface area contributed by atoms with Crippen molar-refractivity contribution in [3.63, 3.8) is 0 Å². The maximum Gasteiger partial charge on any atom is 0.358 e. The highest BCUT2D eigenvalue weighted by atomic mass is 16.5. The Hall–Kier alpha value is -1.32. The van der Waals surface area contributed by atoms with Crippen molar-refractivity contribution in [2.24, 2.45) is 5.92 Å². The minimum atomic E-state index is -1.02. The van der Waals surface area contributed by atoms with E-state index in [1.165, 1.54) is 0 Å². The molecule has 1 aromatic rings. The Morgan fingerprint density at radius 2 is 2.00 bits per heavy atom. The molecule has 0 spiro atoms. The fraction of sp³-hybridized carbons (Fsp3) is 0.636. The molecule has 1 rings (SSSR count). The molecule has 0 atom stereocenters. The number of nitrogens with zero attached hydrogens (tertiary/aromatic N) is 1. The number of carboxylic acid groups (broad SMARTS) is 1. The number of aromatic nitrogens is 1. The van der Waals surface area contributed by atoms with E-state index in [9.17, 15) is 4.79 Å². The van der Waals surface area contributed by atoms with Crippen molar-refractivity contribution in [2.75, 3.05) is 0 Å². The lowest BCUT2D eigenvalue weighted by atomic mass is 9.96. The number of rotatable bonds is 4. The standard InChI is InChI=1S/C11H17NO3/c1-6(2)5-8-9(7(3)4)10(11(13)14)12-15-8/h6-7H,5H2,1-4H3,(H,13,14). The number of carboxylic acids is 1. The van der Waals surface area contributed by atoms with Gasteiger partial charge >= 0.3 is 5.97 Å². The monoisotopic (exact) mass is 211 g/mol. The molecule has 15 heavy (non-hydrogen) atoms. The topological polar surface area (TPSA) is 63.3 Å². The molecule has 0 saturated carbocycles. The van der Waals surface area contributed by atoms with Crippen molar-refractivity contribution >= 4 is 5.97 Å². The number of carbonyl (C=O) groups is 1. The van der Waals surface area contributed by atoms with E-state index in [1.54, 1.807) is 0 Å². The summed E-state index contributed by atoms with van der Waals surface area (Å²) in [4.78, 5) is 10.9. The van der Waals surface area contributed by atoms with Crippen LogP contribution in [0.3, 0.4) is 0 Å². The third-order valence-corrected chi connectivity index (χ3v) is 2.18. The molecule has 1 N–H and O–H groups in total. The van der Waals surface area contributed by atoms with Gasteiger partial charge in [-0.15, -0.1) is 0 Å². The first kappa shape index (κ1) is 11.8. The van der Waals surface area contributed by atoms with Gasteiger partial charge in [-0.3, -0.25) is 0 Å². The molecule has 0 unspecified atom stereocenters. The van der Waals surface area contributed by atoms with Crippen molar-refractivity contribution in [1.29, 1.82) is 0 Å². The van der Waals surface area contributed by atoms with Crippen LogP contribution in [0.25, 0.3) is 0 Å². The van der Waals surface area contributed by atoms with Gasteiger partial charge < -0.3 is 9.63 Å². The average molecular weight is 211 g/mol. The largest absolute Gasteiger partial charge is 0.476 e. The van der Waals surface area contributed by atoms with Gasteiger partial charge in [0, 0.05) is 12.0 Å². The van der Waals surface area contributed by atoms with Gasteiger partial charge in [0.15, 0.2) is 5.69 Å². The third-order valence-electron chi connectivity index (χ3n) is 2.18. The Bertz CT molecular complexity index is 353. The fourth-order valence-electron chi connectivity index (χ4n) is 1.60. The molecule has 4 heteroatoms. The zero-order valence-electron chi connectivity index (χ0n) is 9.57. The summed E-state index contributed by atoms with van der Waals surface area (Å²) in [5.41, 5.74) is 0.789. The van der Waals surface area contributed by atoms with Gasteiger partial charge in [-0.05, 0) is 11.8 Å². The second-order valence-electron chi connectivity index (χ2n) is 4.43. The summed E-state index contributed by atoms with van der Waals surface area (Å²) < 4.78 is 5.10. The van der Waals surface area contributed by atoms with Crippen LogP contribution in [0.15, 0.2) is 4.52 Å². The third kappa shape index (κ3) is 2.58. The Morgan fingerprint density at radius 1 is 1.40 bits per heavy atom. The Balaban J connectivity index is 3.12. The second kappa shape index (κ2) is 4.47. The molecule has 0 radical (unpaired) electrons. The highest BCUT2D eigenvalue weighted by molar-refractivity contribution is 5.87. The van der Waals surface area contributed by atoms with Crippen LogP contribution in [0.1, 0.15) is 55.4 Å². The minimum absolute atomic E-state index is 0.0562. The zero-order valence-corrected chi connectivity index (χ0v) is 9.57. The van der Waals surface area contributed by atoms with Crippen molar-refractivity contribution in [1.82, 2.24) is 5.16 Å². The van der Waals surface area contributed by atoms with Crippen LogP contribution in [0.2, 0.25) is 0 Å². The van der Waals surface area contributed by atoms with Gasteiger partial charge in [-0.2, -0.15) is 0 Å². The van der Waals surface area contributed by atoms with Gasteiger partial charge in [0.25, 0.3) is 0 Å². The first-order valence-corrected chi connectivity index (χ1v) is 5.15. The highest BCUT2D eigenvalue weighted by Gasteiger charge is 2.23. The summed E-state index contributed by atoms with van der Waals surface area (Å²) in [6, 6.07) is 0. The molecule has 0 aromatic carbocycles. The molecule has 1 aromatic heterocycles. The van der Waals surface area contributed by atoms with E-state index in [0.717, 1.165) is 12.0 Å². The molecule has 0 aliphatic rings. The molecular weight excluding hydrogens is 194 g/mol. The van der Waals surface area contributed by atoms with Crippen LogP contribution in [-0.2, 0) is 6.42 Å². The quantitative estimate of drug-likeness (QED) is 0.831. The lowest BCUT2D eigenvalue weighted by Crippen LogP contribution is -2.05. The van der Waals surface area contributed by atoms with Crippen LogP contribution < -0.4 is 0 Å². The molecule has 0 amide bonds. The van der Waals surface area contributed by atoms with Crippen LogP contribution in [0.5, 0.6) is 0 Å². The van der Waals surface area contributed by atoms with E-state index in [0.29, 0.717) is 11.7 Å². The summed E-state index contributed by atoms with van der Waals surface area (Å²) in [5, 5.41) is 12.6. The summed E-state index contributed by atoms with van der Waals surface area (Å²) >= 11 is 0. The molecule has 0 bridgehead atoms. The number of hydrogen-bond donors (Lipinski definition) is 1. The van der Waals surface area contributed by atoms with Gasteiger partial charge in [-0.1, -0.05) is 32.9 Å². The Morgan fingerprint density at radius 3 is 2.40 bits per heavy atom. The lowest BCUT2D eigenvalue weighted by Gasteiger charge is -2.07. The maximum absolute atomic E-state index is 10.9. The molecule has 0 saturated heterocycles. The van der Waals surface area contributed by atoms with E-state index < -0.39 is 5.97 Å². The molecule has 1 heterocycles. The number of aromatic carboxylic acids is 1. The molecule has 0 aliphatic heterocycles. The average Bonchev–Trinajstić information content (AvgIpc) is 2.46. The summed E-state index contributed by atoms with van der Waals surface area (Å²) in [5.74, 6) is 0.239.